The minimum atomic E-state index is -1.33. The van der Waals surface area contributed by atoms with Crippen LogP contribution >= 0.6 is 0 Å². The van der Waals surface area contributed by atoms with E-state index in [-0.39, 0.29) is 43.3 Å². The lowest BCUT2D eigenvalue weighted by Gasteiger charge is -2.16. The number of nitrogens with one attached hydrogen (secondary N) is 3. The number of nitrogens with zero attached hydrogens (tertiary/aromatic N) is 1. The molecule has 2 heterocycles. The van der Waals surface area contributed by atoms with Gasteiger partial charge in [0.2, 0.25) is 12.2 Å². The molecule has 2 rings (SSSR count). The van der Waals surface area contributed by atoms with Gasteiger partial charge in [-0.25, -0.2) is 9.59 Å². The summed E-state index contributed by atoms with van der Waals surface area (Å²) >= 11 is 0. The maximum Gasteiger partial charge on any atom is 0.537 e. The number of imide groups is 1. The van der Waals surface area contributed by atoms with Gasteiger partial charge in [0, 0.05) is 45.2 Å². The van der Waals surface area contributed by atoms with Crippen molar-refractivity contribution in [1.82, 2.24) is 21.0 Å². The van der Waals surface area contributed by atoms with Crippen LogP contribution in [0.15, 0.2) is 0 Å². The Morgan fingerprint density at radius 2 is 1.68 bits per heavy atom. The number of esters is 1. The second kappa shape index (κ2) is 13.4. The lowest BCUT2D eigenvalue weighted by molar-refractivity contribution is -0.191. The van der Waals surface area contributed by atoms with Gasteiger partial charge in [-0.05, 0) is 32.6 Å². The first-order valence-corrected chi connectivity index (χ1v) is 11.4. The van der Waals surface area contributed by atoms with Crippen molar-refractivity contribution in [3.63, 3.8) is 0 Å². The molecule has 3 atom stereocenters. The molecule has 13 heteroatoms. The van der Waals surface area contributed by atoms with Crippen LogP contribution in [-0.4, -0.2) is 65.9 Å². The van der Waals surface area contributed by atoms with Crippen molar-refractivity contribution in [3.8, 4) is 0 Å². The van der Waals surface area contributed by atoms with Gasteiger partial charge in [0.25, 0.3) is 11.8 Å². The molecule has 0 radical (unpaired) electrons. The van der Waals surface area contributed by atoms with Gasteiger partial charge in [-0.1, -0.05) is 11.5 Å². The van der Waals surface area contributed by atoms with E-state index in [1.807, 2.05) is 6.92 Å². The summed E-state index contributed by atoms with van der Waals surface area (Å²) < 4.78 is 9.62. The Kier molecular flexibility index (Phi) is 10.6. The van der Waals surface area contributed by atoms with E-state index < -0.39 is 30.2 Å². The summed E-state index contributed by atoms with van der Waals surface area (Å²) in [5.41, 5.74) is 0. The van der Waals surface area contributed by atoms with Gasteiger partial charge in [-0.2, -0.15) is 0 Å². The van der Waals surface area contributed by atoms with Gasteiger partial charge in [0.1, 0.15) is 0 Å². The lowest BCUT2D eigenvalue weighted by atomic mass is 10.0. The molecule has 5 amide bonds. The van der Waals surface area contributed by atoms with Crippen LogP contribution in [-0.2, 0) is 33.5 Å². The van der Waals surface area contributed by atoms with E-state index in [1.54, 1.807) is 0 Å². The van der Waals surface area contributed by atoms with E-state index >= 15 is 0 Å². The molecular weight excluding hydrogens is 452 g/mol. The molecule has 2 aliphatic rings. The first kappa shape index (κ1) is 26.9. The molecule has 0 aromatic rings. The van der Waals surface area contributed by atoms with Crippen LogP contribution in [0.2, 0.25) is 0 Å². The molecule has 2 fully saturated rings. The van der Waals surface area contributed by atoms with Crippen LogP contribution < -0.4 is 16.0 Å². The van der Waals surface area contributed by atoms with Crippen LogP contribution in [0, 0.1) is 0 Å². The number of ether oxygens (including phenoxy) is 2. The quantitative estimate of drug-likeness (QED) is 0.149. The van der Waals surface area contributed by atoms with Crippen LogP contribution in [0.1, 0.15) is 71.6 Å². The molecule has 3 unspecified atom stereocenters. The fourth-order valence-corrected chi connectivity index (χ4v) is 3.48. The zero-order valence-electron chi connectivity index (χ0n) is 19.4. The second-order valence-electron chi connectivity index (χ2n) is 8.16. The van der Waals surface area contributed by atoms with Gasteiger partial charge in [-0.3, -0.25) is 24.0 Å². The van der Waals surface area contributed by atoms with E-state index in [4.69, 9.17) is 9.47 Å². The van der Waals surface area contributed by atoms with Crippen molar-refractivity contribution >= 4 is 35.9 Å². The van der Waals surface area contributed by atoms with E-state index in [0.717, 1.165) is 19.3 Å². The van der Waals surface area contributed by atoms with Crippen LogP contribution in [0.5, 0.6) is 0 Å². The maximum absolute atomic E-state index is 11.9. The van der Waals surface area contributed by atoms with Gasteiger partial charge in [0.15, 0.2) is 0 Å². The highest BCUT2D eigenvalue weighted by Gasteiger charge is 2.34. The summed E-state index contributed by atoms with van der Waals surface area (Å²) in [4.78, 5) is 73.8. The zero-order valence-corrected chi connectivity index (χ0v) is 19.4. The van der Waals surface area contributed by atoms with Crippen molar-refractivity contribution in [2.75, 3.05) is 6.54 Å². The number of rotatable bonds is 13. The van der Waals surface area contributed by atoms with E-state index in [0.29, 0.717) is 30.9 Å². The smallest absolute Gasteiger partial charge is 0.425 e. The van der Waals surface area contributed by atoms with Gasteiger partial charge >= 0.3 is 18.2 Å². The molecule has 0 bridgehead atoms. The second-order valence-corrected chi connectivity index (χ2v) is 8.16. The molecule has 0 spiro atoms. The predicted octanol–water partition coefficient (Wildman–Crippen LogP) is 1.01. The third kappa shape index (κ3) is 9.24. The Hall–Kier alpha value is -3.38. The SMILES string of the molecule is CC(OC(=O)CCCCNC(=O)CCCCC1NC(=O)NC1C)OC(=O)ON1C(=O)CCC1=O. The predicted molar refractivity (Wildman–Crippen MR) is 114 cm³/mol. The highest BCUT2D eigenvalue weighted by molar-refractivity contribution is 6.01. The number of hydroxylamine groups is 2. The Balaban J connectivity index is 1.46. The molecule has 2 aliphatic heterocycles. The summed E-state index contributed by atoms with van der Waals surface area (Å²) in [5, 5.41) is 8.75. The zero-order chi connectivity index (χ0) is 25.1. The molecule has 3 N–H and O–H groups in total. The average Bonchev–Trinajstić information content (AvgIpc) is 3.25. The third-order valence-corrected chi connectivity index (χ3v) is 5.31. The molecule has 0 aromatic carbocycles. The van der Waals surface area contributed by atoms with Gasteiger partial charge in [0.05, 0.1) is 6.04 Å². The van der Waals surface area contributed by atoms with Crippen molar-refractivity contribution in [2.45, 2.75) is 90.0 Å². The minimum absolute atomic E-state index is 0.0460. The number of amides is 5. The molecular formula is C21H32N4O9. The van der Waals surface area contributed by atoms with E-state index in [1.165, 1.54) is 6.92 Å². The summed E-state index contributed by atoms with van der Waals surface area (Å²) in [6, 6.07) is 0.0201. The van der Waals surface area contributed by atoms with Crippen molar-refractivity contribution < 1.29 is 43.1 Å². The summed E-state index contributed by atoms with van der Waals surface area (Å²) in [5.74, 6) is -1.97. The Morgan fingerprint density at radius 1 is 1.00 bits per heavy atom. The minimum Gasteiger partial charge on any atom is -0.425 e. The van der Waals surface area contributed by atoms with Crippen LogP contribution in [0.3, 0.4) is 0 Å². The largest absolute Gasteiger partial charge is 0.537 e. The normalized spacial score (nSPS) is 20.4. The fraction of sp³-hybridized carbons (Fsp3) is 0.714. The summed E-state index contributed by atoms with van der Waals surface area (Å²) in [7, 11) is 0. The molecule has 0 aliphatic carbocycles. The van der Waals surface area contributed by atoms with E-state index in [2.05, 4.69) is 20.8 Å². The molecule has 34 heavy (non-hydrogen) atoms. The Labute approximate surface area is 197 Å². The number of unbranched alkanes of at least 4 members (excludes halogenated alkanes) is 2. The first-order valence-electron chi connectivity index (χ1n) is 11.4. The van der Waals surface area contributed by atoms with E-state index in [9.17, 15) is 28.8 Å². The van der Waals surface area contributed by atoms with Gasteiger partial charge < -0.3 is 25.4 Å². The van der Waals surface area contributed by atoms with Crippen molar-refractivity contribution in [2.24, 2.45) is 0 Å². The van der Waals surface area contributed by atoms with Gasteiger partial charge in [-0.15, -0.1) is 0 Å². The van der Waals surface area contributed by atoms with Crippen LogP contribution in [0.25, 0.3) is 0 Å². The summed E-state index contributed by atoms with van der Waals surface area (Å²) in [6.07, 6.45) is 1.15. The number of hydrogen-bond donors (Lipinski definition) is 3. The lowest BCUT2D eigenvalue weighted by Crippen LogP contribution is -2.34. The molecule has 13 nitrogen and oxygen atoms in total. The van der Waals surface area contributed by atoms with Crippen molar-refractivity contribution in [3.05, 3.63) is 0 Å². The Morgan fingerprint density at radius 3 is 2.32 bits per heavy atom. The first-order chi connectivity index (χ1) is 16.2. The molecule has 0 aromatic heterocycles. The fourth-order valence-electron chi connectivity index (χ4n) is 3.48. The molecule has 190 valence electrons. The maximum atomic E-state index is 11.9. The molecule has 2 saturated heterocycles. The highest BCUT2D eigenvalue weighted by Crippen LogP contribution is 2.13. The monoisotopic (exact) mass is 484 g/mol. The third-order valence-electron chi connectivity index (χ3n) is 5.31. The summed E-state index contributed by atoms with van der Waals surface area (Å²) in [6.45, 7) is 3.65. The molecule has 0 saturated carbocycles. The number of carbonyl (C=O) groups excluding carboxylic acids is 6. The Bertz CT molecular complexity index is 772. The number of hydrogen-bond acceptors (Lipinski definition) is 9. The van der Waals surface area contributed by atoms with Crippen molar-refractivity contribution in [1.29, 1.82) is 0 Å². The standard InChI is InChI=1S/C21H32N4O9/c1-13-15(24-20(30)23-13)7-3-4-8-16(26)22-12-6-5-9-19(29)32-14(2)33-21(31)34-25-17(27)10-11-18(25)28/h13-15H,3-12H2,1-2H3,(H,22,26)(H2,23,24,30). The van der Waals surface area contributed by atoms with Crippen LogP contribution in [0.4, 0.5) is 9.59 Å². The average molecular weight is 485 g/mol. The number of carbonyl (C=O) groups is 6. The number of urea groups is 1. The topological polar surface area (TPSA) is 169 Å². The highest BCUT2D eigenvalue weighted by atomic mass is 16.9.